The van der Waals surface area contributed by atoms with Gasteiger partial charge in [-0.05, 0) is 36.4 Å². The third-order valence-electron chi connectivity index (χ3n) is 3.24. The molecule has 3 aromatic rings. The van der Waals surface area contributed by atoms with E-state index in [4.69, 9.17) is 0 Å². The molecule has 9 heteroatoms. The Bertz CT molecular complexity index is 931. The van der Waals surface area contributed by atoms with E-state index in [1.54, 1.807) is 0 Å². The van der Waals surface area contributed by atoms with Crippen LogP contribution in [0.15, 0.2) is 53.4 Å². The van der Waals surface area contributed by atoms with Gasteiger partial charge in [0, 0.05) is 0 Å². The highest BCUT2D eigenvalue weighted by molar-refractivity contribution is 7.89. The highest BCUT2D eigenvalue weighted by Crippen LogP contribution is 2.29. The summed E-state index contributed by atoms with van der Waals surface area (Å²) < 4.78 is 65.2. The number of halogens is 3. The van der Waals surface area contributed by atoms with Gasteiger partial charge in [-0.1, -0.05) is 12.1 Å². The van der Waals surface area contributed by atoms with Crippen molar-refractivity contribution in [1.82, 2.24) is 9.71 Å². The largest absolute Gasteiger partial charge is 0.416 e. The number of aromatic nitrogens is 1. The molecule has 1 aromatic heterocycles. The Labute approximate surface area is 140 Å². The van der Waals surface area contributed by atoms with Gasteiger partial charge in [0.2, 0.25) is 10.0 Å². The van der Waals surface area contributed by atoms with Crippen LogP contribution in [0.2, 0.25) is 0 Å². The summed E-state index contributed by atoms with van der Waals surface area (Å²) in [6.45, 7) is -0.0251. The number of sulfonamides is 1. The van der Waals surface area contributed by atoms with Gasteiger partial charge in [0.05, 0.1) is 27.2 Å². The zero-order valence-electron chi connectivity index (χ0n) is 12.0. The second-order valence-corrected chi connectivity index (χ2v) is 7.80. The molecule has 0 unspecified atom stereocenters. The average Bonchev–Trinajstić information content (AvgIpc) is 2.95. The van der Waals surface area contributed by atoms with Crippen LogP contribution in [0.25, 0.3) is 10.2 Å². The number of nitrogens with zero attached hydrogens (tertiary/aromatic N) is 1. The monoisotopic (exact) mass is 372 g/mol. The maximum atomic E-state index is 12.5. The molecule has 0 radical (unpaired) electrons. The number of hydrogen-bond donors (Lipinski definition) is 1. The zero-order chi connectivity index (χ0) is 17.4. The van der Waals surface area contributed by atoms with Gasteiger partial charge in [0.1, 0.15) is 5.01 Å². The second kappa shape index (κ2) is 6.15. The Hall–Kier alpha value is -1.97. The van der Waals surface area contributed by atoms with E-state index in [-0.39, 0.29) is 11.4 Å². The summed E-state index contributed by atoms with van der Waals surface area (Å²) in [5, 5.41) is 0.576. The standard InChI is InChI=1S/C15H11F3N2O2S2/c16-15(17,18)10-5-7-11(8-6-10)24(21,22)19-9-14-20-12-3-1-2-4-13(12)23-14/h1-8,19H,9H2. The van der Waals surface area contributed by atoms with E-state index in [0.717, 1.165) is 34.5 Å². The van der Waals surface area contributed by atoms with Crippen LogP contribution in [0.4, 0.5) is 13.2 Å². The predicted molar refractivity (Wildman–Crippen MR) is 85.1 cm³/mol. The molecule has 0 aliphatic rings. The number of thiazole rings is 1. The normalized spacial score (nSPS) is 12.6. The van der Waals surface area contributed by atoms with E-state index in [2.05, 4.69) is 9.71 Å². The van der Waals surface area contributed by atoms with Gasteiger partial charge in [-0.2, -0.15) is 13.2 Å². The van der Waals surface area contributed by atoms with Crippen LogP contribution in [-0.2, 0) is 22.7 Å². The highest BCUT2D eigenvalue weighted by Gasteiger charge is 2.30. The minimum absolute atomic E-state index is 0.0251. The lowest BCUT2D eigenvalue weighted by Gasteiger charge is -2.08. The predicted octanol–water partition coefficient (Wildman–Crippen LogP) is 3.79. The highest BCUT2D eigenvalue weighted by atomic mass is 32.2. The number of nitrogens with one attached hydrogen (secondary N) is 1. The summed E-state index contributed by atoms with van der Waals surface area (Å²) in [6, 6.07) is 10.7. The lowest BCUT2D eigenvalue weighted by Crippen LogP contribution is -2.23. The van der Waals surface area contributed by atoms with Gasteiger partial charge in [-0.15, -0.1) is 11.3 Å². The van der Waals surface area contributed by atoms with Gasteiger partial charge in [-0.3, -0.25) is 0 Å². The lowest BCUT2D eigenvalue weighted by atomic mass is 10.2. The van der Waals surface area contributed by atoms with Crippen LogP contribution in [-0.4, -0.2) is 13.4 Å². The molecule has 0 aliphatic heterocycles. The van der Waals surface area contributed by atoms with E-state index in [1.165, 1.54) is 11.3 Å². The maximum absolute atomic E-state index is 12.5. The van der Waals surface area contributed by atoms with E-state index in [1.807, 2.05) is 24.3 Å². The van der Waals surface area contributed by atoms with Crippen molar-refractivity contribution in [3.05, 3.63) is 59.1 Å². The first-order valence-electron chi connectivity index (χ1n) is 6.77. The minimum Gasteiger partial charge on any atom is -0.240 e. The third-order valence-corrected chi connectivity index (χ3v) is 5.70. The molecule has 0 aliphatic carbocycles. The summed E-state index contributed by atoms with van der Waals surface area (Å²) in [7, 11) is -3.91. The topological polar surface area (TPSA) is 59.1 Å². The van der Waals surface area contributed by atoms with E-state index in [9.17, 15) is 21.6 Å². The molecule has 0 saturated carbocycles. The molecule has 2 aromatic carbocycles. The van der Waals surface area contributed by atoms with Crippen molar-refractivity contribution < 1.29 is 21.6 Å². The Morgan fingerprint density at radius 2 is 1.71 bits per heavy atom. The quantitative estimate of drug-likeness (QED) is 0.758. The second-order valence-electron chi connectivity index (χ2n) is 4.92. The smallest absolute Gasteiger partial charge is 0.240 e. The summed E-state index contributed by atoms with van der Waals surface area (Å²) in [5.74, 6) is 0. The minimum atomic E-state index is -4.50. The SMILES string of the molecule is O=S(=O)(NCc1nc2ccccc2s1)c1ccc(C(F)(F)F)cc1. The molecule has 4 nitrogen and oxygen atoms in total. The van der Waals surface area contributed by atoms with Crippen molar-refractivity contribution in [2.75, 3.05) is 0 Å². The van der Waals surface area contributed by atoms with Crippen LogP contribution in [0.3, 0.4) is 0 Å². The number of para-hydroxylation sites is 1. The molecule has 24 heavy (non-hydrogen) atoms. The van der Waals surface area contributed by atoms with Crippen LogP contribution < -0.4 is 4.72 Å². The van der Waals surface area contributed by atoms with Crippen LogP contribution in [0, 0.1) is 0 Å². The average molecular weight is 372 g/mol. The maximum Gasteiger partial charge on any atom is 0.416 e. The van der Waals surface area contributed by atoms with E-state index >= 15 is 0 Å². The number of hydrogen-bond acceptors (Lipinski definition) is 4. The van der Waals surface area contributed by atoms with Crippen molar-refractivity contribution >= 4 is 31.6 Å². The summed E-state index contributed by atoms with van der Waals surface area (Å²) >= 11 is 1.35. The first kappa shape index (κ1) is 16.9. The fourth-order valence-corrected chi connectivity index (χ4v) is 4.04. The van der Waals surface area contributed by atoms with Gasteiger partial charge in [0.15, 0.2) is 0 Å². The first-order valence-corrected chi connectivity index (χ1v) is 9.07. The zero-order valence-corrected chi connectivity index (χ0v) is 13.7. The number of rotatable bonds is 4. The lowest BCUT2D eigenvalue weighted by molar-refractivity contribution is -0.137. The van der Waals surface area contributed by atoms with Crippen molar-refractivity contribution in [3.63, 3.8) is 0 Å². The Morgan fingerprint density at radius 1 is 1.04 bits per heavy atom. The molecule has 3 rings (SSSR count). The molecule has 0 fully saturated rings. The van der Waals surface area contributed by atoms with Gasteiger partial charge >= 0.3 is 6.18 Å². The van der Waals surface area contributed by atoms with Gasteiger partial charge in [0.25, 0.3) is 0 Å². The summed E-state index contributed by atoms with van der Waals surface area (Å²) in [5.41, 5.74) is -0.126. The summed E-state index contributed by atoms with van der Waals surface area (Å²) in [4.78, 5) is 4.07. The van der Waals surface area contributed by atoms with Crippen LogP contribution in [0.5, 0.6) is 0 Å². The fraction of sp³-hybridized carbons (Fsp3) is 0.133. The Balaban J connectivity index is 1.76. The van der Waals surface area contributed by atoms with Gasteiger partial charge < -0.3 is 0 Å². The molecule has 0 atom stereocenters. The Kier molecular flexibility index (Phi) is 4.33. The van der Waals surface area contributed by atoms with E-state index in [0.29, 0.717) is 5.01 Å². The number of fused-ring (bicyclic) bond motifs is 1. The first-order chi connectivity index (χ1) is 11.3. The van der Waals surface area contributed by atoms with Crippen LogP contribution >= 0.6 is 11.3 Å². The molecule has 126 valence electrons. The molecule has 0 bridgehead atoms. The molecular weight excluding hydrogens is 361 g/mol. The van der Waals surface area contributed by atoms with Gasteiger partial charge in [-0.25, -0.2) is 18.1 Å². The fourth-order valence-electron chi connectivity index (χ4n) is 2.06. The molecule has 1 N–H and O–H groups in total. The molecule has 1 heterocycles. The number of alkyl halides is 3. The van der Waals surface area contributed by atoms with Crippen molar-refractivity contribution in [1.29, 1.82) is 0 Å². The Morgan fingerprint density at radius 3 is 2.33 bits per heavy atom. The van der Waals surface area contributed by atoms with Crippen molar-refractivity contribution in [2.45, 2.75) is 17.6 Å². The molecule has 0 saturated heterocycles. The van der Waals surface area contributed by atoms with Crippen LogP contribution in [0.1, 0.15) is 10.6 Å². The molecule has 0 spiro atoms. The molecular formula is C15H11F3N2O2S2. The summed E-state index contributed by atoms with van der Waals surface area (Å²) in [6.07, 6.45) is -4.50. The van der Waals surface area contributed by atoms with E-state index < -0.39 is 21.8 Å². The third kappa shape index (κ3) is 3.58. The van der Waals surface area contributed by atoms with Crippen molar-refractivity contribution in [3.8, 4) is 0 Å². The van der Waals surface area contributed by atoms with Crippen molar-refractivity contribution in [2.24, 2.45) is 0 Å². The number of benzene rings is 2. The molecule has 0 amide bonds.